The van der Waals surface area contributed by atoms with Gasteiger partial charge in [0.05, 0.1) is 12.2 Å². The molecule has 2 heterocycles. The van der Waals surface area contributed by atoms with Crippen molar-refractivity contribution in [3.63, 3.8) is 0 Å². The molecule has 2 fully saturated rings. The zero-order chi connectivity index (χ0) is 8.55. The smallest absolute Gasteiger partial charge is 0.0705 e. The molecule has 0 aromatic heterocycles. The Morgan fingerprint density at radius 3 is 2.42 bits per heavy atom. The van der Waals surface area contributed by atoms with E-state index in [4.69, 9.17) is 4.74 Å². The Hall–Kier alpha value is -0.0800. The van der Waals surface area contributed by atoms with Gasteiger partial charge in [-0.2, -0.15) is 0 Å². The van der Waals surface area contributed by atoms with Crippen LogP contribution >= 0.6 is 0 Å². The van der Waals surface area contributed by atoms with Gasteiger partial charge in [0, 0.05) is 6.04 Å². The number of rotatable bonds is 1. The van der Waals surface area contributed by atoms with Crippen molar-refractivity contribution in [2.24, 2.45) is 0 Å². The van der Waals surface area contributed by atoms with Gasteiger partial charge in [-0.05, 0) is 46.2 Å². The fraction of sp³-hybridized carbons (Fsp3) is 1.00. The zero-order valence-corrected chi connectivity index (χ0v) is 8.12. The Kier molecular flexibility index (Phi) is 2.37. The molecule has 0 amide bonds. The maximum atomic E-state index is 5.81. The van der Waals surface area contributed by atoms with Crippen molar-refractivity contribution in [3.8, 4) is 0 Å². The van der Waals surface area contributed by atoms with Crippen molar-refractivity contribution in [2.45, 2.75) is 51.4 Å². The summed E-state index contributed by atoms with van der Waals surface area (Å²) in [5.41, 5.74) is 0. The van der Waals surface area contributed by atoms with Gasteiger partial charge in [-0.3, -0.25) is 4.90 Å². The van der Waals surface area contributed by atoms with Crippen molar-refractivity contribution >= 4 is 0 Å². The van der Waals surface area contributed by atoms with Gasteiger partial charge in [0.1, 0.15) is 0 Å². The maximum absolute atomic E-state index is 5.81. The highest BCUT2D eigenvalue weighted by molar-refractivity contribution is 4.86. The standard InChI is InChI=1S/C10H19NO/c1-8-4-5-10(9(2)12-8)11-6-3-7-11/h8-10H,3-7H2,1-2H3. The molecule has 2 saturated heterocycles. The Morgan fingerprint density at radius 2 is 1.92 bits per heavy atom. The molecule has 0 radical (unpaired) electrons. The van der Waals surface area contributed by atoms with E-state index in [9.17, 15) is 0 Å². The first-order chi connectivity index (χ1) is 5.77. The molecule has 0 aliphatic carbocycles. The van der Waals surface area contributed by atoms with Crippen LogP contribution in [0.5, 0.6) is 0 Å². The van der Waals surface area contributed by atoms with Crippen LogP contribution in [-0.2, 0) is 4.74 Å². The minimum Gasteiger partial charge on any atom is -0.374 e. The lowest BCUT2D eigenvalue weighted by atomic mass is 9.96. The first kappa shape index (κ1) is 8.52. The number of hydrogen-bond donors (Lipinski definition) is 0. The highest BCUT2D eigenvalue weighted by atomic mass is 16.5. The fourth-order valence-electron chi connectivity index (χ4n) is 2.32. The summed E-state index contributed by atoms with van der Waals surface area (Å²) in [6, 6.07) is 0.718. The molecule has 12 heavy (non-hydrogen) atoms. The SMILES string of the molecule is CC1CCC(N2CCC2)C(C)O1. The molecule has 2 heteroatoms. The second-order valence-corrected chi connectivity index (χ2v) is 4.19. The van der Waals surface area contributed by atoms with Crippen LogP contribution in [0.25, 0.3) is 0 Å². The van der Waals surface area contributed by atoms with Crippen LogP contribution < -0.4 is 0 Å². The predicted octanol–water partition coefficient (Wildman–Crippen LogP) is 1.65. The number of hydrogen-bond acceptors (Lipinski definition) is 2. The highest BCUT2D eigenvalue weighted by Gasteiger charge is 2.32. The average Bonchev–Trinajstić information content (AvgIpc) is 1.91. The second-order valence-electron chi connectivity index (χ2n) is 4.19. The van der Waals surface area contributed by atoms with E-state index in [-0.39, 0.29) is 0 Å². The molecule has 0 saturated carbocycles. The molecule has 0 aromatic carbocycles. The summed E-state index contributed by atoms with van der Waals surface area (Å²) in [6.07, 6.45) is 4.90. The number of ether oxygens (including phenoxy) is 1. The van der Waals surface area contributed by atoms with E-state index in [1.54, 1.807) is 0 Å². The number of likely N-dealkylation sites (tertiary alicyclic amines) is 1. The van der Waals surface area contributed by atoms with Crippen molar-refractivity contribution in [1.82, 2.24) is 4.90 Å². The van der Waals surface area contributed by atoms with Crippen molar-refractivity contribution in [3.05, 3.63) is 0 Å². The van der Waals surface area contributed by atoms with E-state index in [0.29, 0.717) is 12.2 Å². The molecule has 3 atom stereocenters. The Bertz CT molecular complexity index is 156. The molecule has 0 spiro atoms. The van der Waals surface area contributed by atoms with Crippen LogP contribution in [0.4, 0.5) is 0 Å². The third-order valence-corrected chi connectivity index (χ3v) is 3.22. The van der Waals surface area contributed by atoms with Gasteiger partial charge in [0.15, 0.2) is 0 Å². The molecule has 2 nitrogen and oxygen atoms in total. The molecule has 0 aromatic rings. The van der Waals surface area contributed by atoms with Gasteiger partial charge in [-0.15, -0.1) is 0 Å². The maximum Gasteiger partial charge on any atom is 0.0705 e. The van der Waals surface area contributed by atoms with Gasteiger partial charge in [-0.25, -0.2) is 0 Å². The van der Waals surface area contributed by atoms with E-state index < -0.39 is 0 Å². The monoisotopic (exact) mass is 169 g/mol. The summed E-state index contributed by atoms with van der Waals surface area (Å²) in [4.78, 5) is 2.57. The lowest BCUT2D eigenvalue weighted by Crippen LogP contribution is -2.53. The first-order valence-corrected chi connectivity index (χ1v) is 5.17. The van der Waals surface area contributed by atoms with Crippen molar-refractivity contribution in [1.29, 1.82) is 0 Å². The lowest BCUT2D eigenvalue weighted by Gasteiger charge is -2.44. The quantitative estimate of drug-likeness (QED) is 0.592. The number of nitrogens with zero attached hydrogens (tertiary/aromatic N) is 1. The van der Waals surface area contributed by atoms with E-state index in [1.807, 2.05) is 0 Å². The third-order valence-electron chi connectivity index (χ3n) is 3.22. The molecule has 0 bridgehead atoms. The zero-order valence-electron chi connectivity index (χ0n) is 8.12. The summed E-state index contributed by atoms with van der Waals surface area (Å²) in [5.74, 6) is 0. The minimum atomic E-state index is 0.453. The van der Waals surface area contributed by atoms with E-state index in [2.05, 4.69) is 18.7 Å². The largest absolute Gasteiger partial charge is 0.374 e. The van der Waals surface area contributed by atoms with E-state index in [0.717, 1.165) is 6.04 Å². The fourth-order valence-corrected chi connectivity index (χ4v) is 2.32. The Balaban J connectivity index is 1.88. The second kappa shape index (κ2) is 3.35. The molecule has 3 unspecified atom stereocenters. The van der Waals surface area contributed by atoms with E-state index >= 15 is 0 Å². The summed E-state index contributed by atoms with van der Waals surface area (Å²) in [7, 11) is 0. The van der Waals surface area contributed by atoms with E-state index in [1.165, 1.54) is 32.4 Å². The Morgan fingerprint density at radius 1 is 1.17 bits per heavy atom. The van der Waals surface area contributed by atoms with Crippen LogP contribution in [0.15, 0.2) is 0 Å². The topological polar surface area (TPSA) is 12.5 Å². The van der Waals surface area contributed by atoms with Crippen molar-refractivity contribution in [2.75, 3.05) is 13.1 Å². The average molecular weight is 169 g/mol. The van der Waals surface area contributed by atoms with Gasteiger partial charge < -0.3 is 4.74 Å². The van der Waals surface area contributed by atoms with Gasteiger partial charge in [-0.1, -0.05) is 0 Å². The van der Waals surface area contributed by atoms with Crippen LogP contribution in [0.1, 0.15) is 33.1 Å². The predicted molar refractivity (Wildman–Crippen MR) is 49.2 cm³/mol. The third kappa shape index (κ3) is 1.50. The van der Waals surface area contributed by atoms with Crippen LogP contribution in [0, 0.1) is 0 Å². The van der Waals surface area contributed by atoms with Gasteiger partial charge >= 0.3 is 0 Å². The normalized spacial score (nSPS) is 44.0. The summed E-state index contributed by atoms with van der Waals surface area (Å²) in [6.45, 7) is 7.00. The molecule has 2 aliphatic rings. The van der Waals surface area contributed by atoms with Crippen LogP contribution in [-0.4, -0.2) is 36.2 Å². The lowest BCUT2D eigenvalue weighted by molar-refractivity contribution is -0.0941. The van der Waals surface area contributed by atoms with Crippen molar-refractivity contribution < 1.29 is 4.74 Å². The molecule has 2 aliphatic heterocycles. The summed E-state index contributed by atoms with van der Waals surface area (Å²) < 4.78 is 5.81. The first-order valence-electron chi connectivity index (χ1n) is 5.17. The molecular formula is C10H19NO. The summed E-state index contributed by atoms with van der Waals surface area (Å²) in [5, 5.41) is 0. The van der Waals surface area contributed by atoms with Gasteiger partial charge in [0.2, 0.25) is 0 Å². The molecule has 2 rings (SSSR count). The molecule has 70 valence electrons. The van der Waals surface area contributed by atoms with Gasteiger partial charge in [0.25, 0.3) is 0 Å². The Labute approximate surface area is 74.9 Å². The summed E-state index contributed by atoms with van der Waals surface area (Å²) >= 11 is 0. The van der Waals surface area contributed by atoms with Crippen LogP contribution in [0.3, 0.4) is 0 Å². The van der Waals surface area contributed by atoms with Crippen LogP contribution in [0.2, 0.25) is 0 Å². The molecular weight excluding hydrogens is 150 g/mol. The molecule has 0 N–H and O–H groups in total. The minimum absolute atomic E-state index is 0.453. The highest BCUT2D eigenvalue weighted by Crippen LogP contribution is 2.26.